The summed E-state index contributed by atoms with van der Waals surface area (Å²) in [6.45, 7) is 4.86. The second-order valence-corrected chi connectivity index (χ2v) is 17.6. The molecule has 0 radical (unpaired) electrons. The molecule has 0 N–H and O–H groups in total. The Bertz CT molecular complexity index is 2820. The van der Waals surface area contributed by atoms with Gasteiger partial charge in [-0.25, -0.2) is 15.0 Å². The fourth-order valence-corrected chi connectivity index (χ4v) is 12.2. The molecule has 0 unspecified atom stereocenters. The van der Waals surface area contributed by atoms with E-state index in [9.17, 15) is 0 Å². The average Bonchev–Trinajstić information content (AvgIpc) is 3.63. The molecule has 0 amide bonds. The Labute approximate surface area is 327 Å². The minimum absolute atomic E-state index is 0.0846. The number of hydrogen-bond acceptors (Lipinski definition) is 4. The number of furan rings is 1. The third-order valence-corrected chi connectivity index (χ3v) is 14.4. The molecule has 272 valence electrons. The zero-order chi connectivity index (χ0) is 37.2. The summed E-state index contributed by atoms with van der Waals surface area (Å²) < 4.78 is 6.39. The summed E-state index contributed by atoms with van der Waals surface area (Å²) in [7, 11) is 0. The molecule has 4 bridgehead atoms. The van der Waals surface area contributed by atoms with Crippen LogP contribution >= 0.6 is 0 Å². The average molecular weight is 726 g/mol. The Hall–Kier alpha value is -5.87. The lowest BCUT2D eigenvalue weighted by atomic mass is 9.39. The van der Waals surface area contributed by atoms with Crippen molar-refractivity contribution in [3.63, 3.8) is 0 Å². The summed E-state index contributed by atoms with van der Waals surface area (Å²) in [5.74, 6) is 5.28. The van der Waals surface area contributed by atoms with Gasteiger partial charge in [-0.2, -0.15) is 0 Å². The maximum Gasteiger partial charge on any atom is 0.164 e. The van der Waals surface area contributed by atoms with Gasteiger partial charge >= 0.3 is 0 Å². The van der Waals surface area contributed by atoms with Gasteiger partial charge in [-0.1, -0.05) is 141 Å². The maximum absolute atomic E-state index is 6.39. The van der Waals surface area contributed by atoms with Crippen molar-refractivity contribution in [3.05, 3.63) is 162 Å². The van der Waals surface area contributed by atoms with E-state index in [4.69, 9.17) is 19.4 Å². The standard InChI is InChI=1S/C52H43N3O/c1-51(2)42-16-7-8-17-43(42)52(37-26-31-25-32(28-37)29-38(52)27-31)44-24-23-36(30-45(44)51)50-54-48(34-11-4-3-5-12-34)53-49(55-50)35-21-19-33(20-22-35)39-14-10-15-41-40-13-6-9-18-46(40)56-47(39)41/h3-24,30-32,37-38H,25-29H2,1-2H3. The Morgan fingerprint density at radius 3 is 1.75 bits per heavy atom. The van der Waals surface area contributed by atoms with Gasteiger partial charge in [0.15, 0.2) is 17.5 Å². The first kappa shape index (κ1) is 32.4. The van der Waals surface area contributed by atoms with E-state index in [0.29, 0.717) is 29.3 Å². The van der Waals surface area contributed by atoms with Gasteiger partial charge in [0.25, 0.3) is 0 Å². The summed E-state index contributed by atoms with van der Waals surface area (Å²) in [4.78, 5) is 15.6. The molecule has 0 atom stereocenters. The molecule has 1 spiro atoms. The highest BCUT2D eigenvalue weighted by Crippen LogP contribution is 2.68. The molecule has 56 heavy (non-hydrogen) atoms. The first-order valence-electron chi connectivity index (χ1n) is 20.5. The smallest absolute Gasteiger partial charge is 0.164 e. The molecule has 4 saturated carbocycles. The van der Waals surface area contributed by atoms with Crippen LogP contribution in [0.15, 0.2) is 144 Å². The van der Waals surface area contributed by atoms with Crippen LogP contribution in [0.2, 0.25) is 0 Å². The first-order valence-corrected chi connectivity index (χ1v) is 20.5. The number of para-hydroxylation sites is 2. The highest BCUT2D eigenvalue weighted by Gasteiger charge is 2.62. The lowest BCUT2D eigenvalue weighted by Crippen LogP contribution is -2.58. The van der Waals surface area contributed by atoms with Crippen molar-refractivity contribution in [2.45, 2.75) is 56.8 Å². The van der Waals surface area contributed by atoms with Crippen molar-refractivity contribution in [1.29, 1.82) is 0 Å². The minimum Gasteiger partial charge on any atom is -0.455 e. The van der Waals surface area contributed by atoms with Gasteiger partial charge in [-0.05, 0) is 95.7 Å². The monoisotopic (exact) mass is 725 g/mol. The Kier molecular flexibility index (Phi) is 6.83. The third-order valence-electron chi connectivity index (χ3n) is 14.4. The van der Waals surface area contributed by atoms with E-state index in [1.807, 2.05) is 18.2 Å². The molecule has 4 nitrogen and oxygen atoms in total. The zero-order valence-corrected chi connectivity index (χ0v) is 31.9. The molecule has 4 fully saturated rings. The van der Waals surface area contributed by atoms with Crippen molar-refractivity contribution in [2.24, 2.45) is 23.7 Å². The molecule has 6 aromatic carbocycles. The highest BCUT2D eigenvalue weighted by atomic mass is 16.3. The molecule has 4 heteroatoms. The van der Waals surface area contributed by atoms with Gasteiger partial charge in [-0.15, -0.1) is 0 Å². The molecule has 5 aliphatic carbocycles. The number of hydrogen-bond donors (Lipinski definition) is 0. The van der Waals surface area contributed by atoms with E-state index >= 15 is 0 Å². The normalized spacial score (nSPS) is 24.1. The fourth-order valence-electron chi connectivity index (χ4n) is 12.2. The molecule has 13 rings (SSSR count). The van der Waals surface area contributed by atoms with Gasteiger partial charge < -0.3 is 4.42 Å². The molecule has 5 aliphatic rings. The van der Waals surface area contributed by atoms with Crippen LogP contribution in [0, 0.1) is 23.7 Å². The predicted octanol–water partition coefficient (Wildman–Crippen LogP) is 12.8. The minimum atomic E-state index is -0.154. The van der Waals surface area contributed by atoms with Gasteiger partial charge in [0.05, 0.1) is 0 Å². The van der Waals surface area contributed by atoms with Crippen LogP contribution in [0.3, 0.4) is 0 Å². The van der Waals surface area contributed by atoms with E-state index in [0.717, 1.165) is 61.6 Å². The summed E-state index contributed by atoms with van der Waals surface area (Å²) >= 11 is 0. The molecular formula is C52H43N3O. The van der Waals surface area contributed by atoms with Crippen LogP contribution in [0.5, 0.6) is 0 Å². The van der Waals surface area contributed by atoms with Gasteiger partial charge in [0, 0.05) is 43.9 Å². The third kappa shape index (κ3) is 4.56. The Balaban J connectivity index is 0.994. The van der Waals surface area contributed by atoms with Crippen LogP contribution in [0.25, 0.3) is 67.2 Å². The van der Waals surface area contributed by atoms with Crippen LogP contribution < -0.4 is 0 Å². The molecule has 2 aromatic heterocycles. The van der Waals surface area contributed by atoms with Crippen LogP contribution in [0.1, 0.15) is 68.2 Å². The summed E-state index contributed by atoms with van der Waals surface area (Å²) in [5.41, 5.74) is 13.0. The van der Waals surface area contributed by atoms with E-state index < -0.39 is 0 Å². The molecular weight excluding hydrogens is 683 g/mol. The molecule has 0 aliphatic heterocycles. The fraction of sp³-hybridized carbons (Fsp3) is 0.250. The van der Waals surface area contributed by atoms with E-state index in [1.54, 1.807) is 11.1 Å². The zero-order valence-electron chi connectivity index (χ0n) is 31.9. The SMILES string of the molecule is CC1(C)c2ccccc2C2(c3ccc(-c4nc(-c5ccccc5)nc(-c5ccc(-c6cccc7c6oc6ccccc67)cc5)n4)cc31)C1CC3CC(C1)CC2C3. The number of benzene rings is 6. The van der Waals surface area contributed by atoms with Crippen molar-refractivity contribution in [1.82, 2.24) is 15.0 Å². The van der Waals surface area contributed by atoms with Gasteiger partial charge in [-0.3, -0.25) is 0 Å². The number of nitrogens with zero attached hydrogens (tertiary/aromatic N) is 3. The van der Waals surface area contributed by atoms with Crippen LogP contribution in [0.4, 0.5) is 0 Å². The predicted molar refractivity (Wildman–Crippen MR) is 225 cm³/mol. The quantitative estimate of drug-likeness (QED) is 0.181. The topological polar surface area (TPSA) is 51.8 Å². The summed E-state index contributed by atoms with van der Waals surface area (Å²) in [6, 6.07) is 50.3. The van der Waals surface area contributed by atoms with E-state index in [1.165, 1.54) is 43.2 Å². The van der Waals surface area contributed by atoms with Crippen molar-refractivity contribution < 1.29 is 4.42 Å². The second-order valence-electron chi connectivity index (χ2n) is 17.6. The molecule has 8 aromatic rings. The lowest BCUT2D eigenvalue weighted by molar-refractivity contribution is -0.0443. The second kappa shape index (κ2) is 11.8. The molecule has 0 saturated heterocycles. The summed E-state index contributed by atoms with van der Waals surface area (Å²) in [6.07, 6.45) is 6.92. The van der Waals surface area contributed by atoms with Crippen molar-refractivity contribution >= 4 is 21.9 Å². The van der Waals surface area contributed by atoms with Crippen LogP contribution in [-0.4, -0.2) is 15.0 Å². The van der Waals surface area contributed by atoms with E-state index in [2.05, 4.69) is 135 Å². The Morgan fingerprint density at radius 1 is 0.464 bits per heavy atom. The number of aromatic nitrogens is 3. The highest BCUT2D eigenvalue weighted by molar-refractivity contribution is 6.09. The van der Waals surface area contributed by atoms with Crippen LogP contribution in [-0.2, 0) is 10.8 Å². The van der Waals surface area contributed by atoms with Crippen molar-refractivity contribution in [3.8, 4) is 45.3 Å². The van der Waals surface area contributed by atoms with Gasteiger partial charge in [0.2, 0.25) is 0 Å². The van der Waals surface area contributed by atoms with Gasteiger partial charge in [0.1, 0.15) is 11.2 Å². The van der Waals surface area contributed by atoms with Crippen molar-refractivity contribution in [2.75, 3.05) is 0 Å². The first-order chi connectivity index (χ1) is 27.4. The maximum atomic E-state index is 6.39. The number of rotatable bonds is 4. The number of fused-ring (bicyclic) bond motifs is 5. The summed E-state index contributed by atoms with van der Waals surface area (Å²) in [5, 5.41) is 2.26. The largest absolute Gasteiger partial charge is 0.455 e. The Morgan fingerprint density at radius 2 is 1.02 bits per heavy atom. The lowest BCUT2D eigenvalue weighted by Gasteiger charge is -2.64. The van der Waals surface area contributed by atoms with E-state index in [-0.39, 0.29) is 10.8 Å². The molecule has 2 heterocycles.